The van der Waals surface area contributed by atoms with Crippen molar-refractivity contribution in [2.45, 2.75) is 6.92 Å². The first-order chi connectivity index (χ1) is 13.2. The van der Waals surface area contributed by atoms with Crippen molar-refractivity contribution in [3.05, 3.63) is 41.9 Å². The van der Waals surface area contributed by atoms with Gasteiger partial charge in [0.2, 0.25) is 5.95 Å². The fourth-order valence-corrected chi connectivity index (χ4v) is 3.41. The number of hydrogen-bond donors (Lipinski definition) is 0. The second-order valence-corrected chi connectivity index (χ2v) is 6.76. The molecule has 2 aromatic rings. The summed E-state index contributed by atoms with van der Waals surface area (Å²) in [6.45, 7) is 7.58. The number of carbonyl (C=O) groups excluding carboxylic acids is 1. The van der Waals surface area contributed by atoms with Crippen molar-refractivity contribution in [1.82, 2.24) is 19.9 Å². The summed E-state index contributed by atoms with van der Waals surface area (Å²) in [7, 11) is 0. The number of nitrogens with zero attached hydrogens (tertiary/aromatic N) is 6. The van der Waals surface area contributed by atoms with Gasteiger partial charge in [-0.15, -0.1) is 0 Å². The number of carbonyl (C=O) groups is 1. The molecule has 0 radical (unpaired) electrons. The molecule has 1 amide bonds. The number of hydrogen-bond acceptors (Lipinski definition) is 7. The fourth-order valence-electron chi connectivity index (χ4n) is 3.41. The molecule has 0 aliphatic carbocycles. The minimum Gasteiger partial charge on any atom is -0.378 e. The molecule has 2 saturated heterocycles. The zero-order valence-corrected chi connectivity index (χ0v) is 15.5. The van der Waals surface area contributed by atoms with Gasteiger partial charge in [-0.05, 0) is 25.1 Å². The second-order valence-electron chi connectivity index (χ2n) is 6.76. The number of aromatic nitrogens is 3. The van der Waals surface area contributed by atoms with Crippen LogP contribution in [0.4, 0.5) is 11.8 Å². The molecule has 8 nitrogen and oxygen atoms in total. The minimum atomic E-state index is -0.0318. The largest absolute Gasteiger partial charge is 0.378 e. The van der Waals surface area contributed by atoms with Crippen LogP contribution in [0.15, 0.2) is 30.5 Å². The van der Waals surface area contributed by atoms with Gasteiger partial charge in [-0.25, -0.2) is 15.0 Å². The molecule has 0 saturated carbocycles. The van der Waals surface area contributed by atoms with Crippen LogP contribution in [0.25, 0.3) is 0 Å². The maximum atomic E-state index is 13.0. The molecule has 8 heteroatoms. The predicted octanol–water partition coefficient (Wildman–Crippen LogP) is 0.979. The Kier molecular flexibility index (Phi) is 5.15. The van der Waals surface area contributed by atoms with Gasteiger partial charge in [0.25, 0.3) is 5.91 Å². The van der Waals surface area contributed by atoms with Crippen molar-refractivity contribution in [3.8, 4) is 0 Å². The van der Waals surface area contributed by atoms with Crippen molar-refractivity contribution >= 4 is 17.7 Å². The lowest BCUT2D eigenvalue weighted by atomic mass is 10.2. The number of rotatable bonds is 3. The molecule has 4 heterocycles. The molecule has 0 N–H and O–H groups in total. The molecule has 0 bridgehead atoms. The third-order valence-corrected chi connectivity index (χ3v) is 4.90. The average molecular weight is 368 g/mol. The molecule has 2 aliphatic rings. The smallest absolute Gasteiger partial charge is 0.272 e. The van der Waals surface area contributed by atoms with E-state index < -0.39 is 0 Å². The van der Waals surface area contributed by atoms with Crippen LogP contribution in [0.3, 0.4) is 0 Å². The third kappa shape index (κ3) is 4.00. The fraction of sp³-hybridized carbons (Fsp3) is 0.474. The Bertz CT molecular complexity index is 786. The minimum absolute atomic E-state index is 0.0318. The Morgan fingerprint density at radius 3 is 2.48 bits per heavy atom. The van der Waals surface area contributed by atoms with Gasteiger partial charge in [0.15, 0.2) is 0 Å². The standard InChI is InChI=1S/C19H24N6O2/c1-15-14-16(22-19(21-15)25-10-12-27-13-11-25)18(26)24-8-6-23(7-9-24)17-4-2-3-5-20-17/h2-5,14H,6-13H2,1H3. The summed E-state index contributed by atoms with van der Waals surface area (Å²) in [5.74, 6) is 1.54. The van der Waals surface area contributed by atoms with Crippen molar-refractivity contribution in [1.29, 1.82) is 0 Å². The summed E-state index contributed by atoms with van der Waals surface area (Å²) in [5, 5.41) is 0. The van der Waals surface area contributed by atoms with E-state index in [1.807, 2.05) is 30.0 Å². The molecule has 142 valence electrons. The van der Waals surface area contributed by atoms with Gasteiger partial charge in [-0.3, -0.25) is 4.79 Å². The molecule has 2 aromatic heterocycles. The lowest BCUT2D eigenvalue weighted by molar-refractivity contribution is 0.0740. The van der Waals surface area contributed by atoms with E-state index in [1.54, 1.807) is 12.3 Å². The van der Waals surface area contributed by atoms with Crippen LogP contribution in [-0.4, -0.2) is 78.2 Å². The van der Waals surface area contributed by atoms with E-state index in [1.165, 1.54) is 0 Å². The SMILES string of the molecule is Cc1cc(C(=O)N2CCN(c3ccccn3)CC2)nc(N2CCOCC2)n1. The number of piperazine rings is 1. The highest BCUT2D eigenvalue weighted by molar-refractivity contribution is 5.92. The first-order valence-electron chi connectivity index (χ1n) is 9.34. The van der Waals surface area contributed by atoms with Crippen molar-refractivity contribution in [3.63, 3.8) is 0 Å². The molecule has 27 heavy (non-hydrogen) atoms. The van der Waals surface area contributed by atoms with Crippen molar-refractivity contribution in [2.24, 2.45) is 0 Å². The van der Waals surface area contributed by atoms with Gasteiger partial charge in [0.1, 0.15) is 11.5 Å². The van der Waals surface area contributed by atoms with Crippen molar-refractivity contribution < 1.29 is 9.53 Å². The van der Waals surface area contributed by atoms with Crippen LogP contribution in [0.1, 0.15) is 16.2 Å². The zero-order valence-electron chi connectivity index (χ0n) is 15.5. The molecule has 0 spiro atoms. The Morgan fingerprint density at radius 2 is 1.78 bits per heavy atom. The number of amides is 1. The number of aryl methyl sites for hydroxylation is 1. The quantitative estimate of drug-likeness (QED) is 0.799. The number of morpholine rings is 1. The van der Waals surface area contributed by atoms with E-state index in [4.69, 9.17) is 4.74 Å². The van der Waals surface area contributed by atoms with Gasteiger partial charge in [0, 0.05) is 51.2 Å². The lowest BCUT2D eigenvalue weighted by Gasteiger charge is -2.35. The van der Waals surface area contributed by atoms with Gasteiger partial charge < -0.3 is 19.4 Å². The number of pyridine rings is 1. The molecule has 4 rings (SSSR count). The average Bonchev–Trinajstić information content (AvgIpc) is 2.74. The summed E-state index contributed by atoms with van der Waals surface area (Å²) < 4.78 is 5.39. The van der Waals surface area contributed by atoms with Crippen molar-refractivity contribution in [2.75, 3.05) is 62.3 Å². The molecule has 2 fully saturated rings. The van der Waals surface area contributed by atoms with Crippen LogP contribution < -0.4 is 9.80 Å². The van der Waals surface area contributed by atoms with Crippen LogP contribution in [-0.2, 0) is 4.74 Å². The Morgan fingerprint density at radius 1 is 1.00 bits per heavy atom. The summed E-state index contributed by atoms with van der Waals surface area (Å²) >= 11 is 0. The lowest BCUT2D eigenvalue weighted by Crippen LogP contribution is -2.49. The summed E-state index contributed by atoms with van der Waals surface area (Å²) in [4.78, 5) is 32.6. The second kappa shape index (κ2) is 7.87. The highest BCUT2D eigenvalue weighted by atomic mass is 16.5. The maximum absolute atomic E-state index is 13.0. The van der Waals surface area contributed by atoms with Crippen LogP contribution >= 0.6 is 0 Å². The Hall–Kier alpha value is -2.74. The molecule has 0 unspecified atom stereocenters. The zero-order chi connectivity index (χ0) is 18.6. The summed E-state index contributed by atoms with van der Waals surface area (Å²) in [6.07, 6.45) is 1.80. The normalized spacial score (nSPS) is 17.9. The van der Waals surface area contributed by atoms with E-state index in [0.29, 0.717) is 37.9 Å². The molecular weight excluding hydrogens is 344 g/mol. The Labute approximate surface area is 158 Å². The van der Waals surface area contributed by atoms with E-state index in [-0.39, 0.29) is 5.91 Å². The van der Waals surface area contributed by atoms with Gasteiger partial charge in [0.05, 0.1) is 13.2 Å². The van der Waals surface area contributed by atoms with E-state index in [2.05, 4.69) is 24.8 Å². The summed E-state index contributed by atoms with van der Waals surface area (Å²) in [6, 6.07) is 7.67. The maximum Gasteiger partial charge on any atom is 0.272 e. The van der Waals surface area contributed by atoms with E-state index in [9.17, 15) is 4.79 Å². The topological polar surface area (TPSA) is 74.7 Å². The third-order valence-electron chi connectivity index (χ3n) is 4.90. The van der Waals surface area contributed by atoms with Crippen LogP contribution in [0.2, 0.25) is 0 Å². The van der Waals surface area contributed by atoms with E-state index >= 15 is 0 Å². The molecular formula is C19H24N6O2. The number of anilines is 2. The van der Waals surface area contributed by atoms with Gasteiger partial charge in [-0.1, -0.05) is 6.07 Å². The molecule has 0 aromatic carbocycles. The first kappa shape index (κ1) is 17.7. The van der Waals surface area contributed by atoms with E-state index in [0.717, 1.165) is 37.7 Å². The van der Waals surface area contributed by atoms with Crippen LogP contribution in [0.5, 0.6) is 0 Å². The monoisotopic (exact) mass is 368 g/mol. The van der Waals surface area contributed by atoms with Crippen LogP contribution in [0, 0.1) is 6.92 Å². The molecule has 0 atom stereocenters. The first-order valence-corrected chi connectivity index (χ1v) is 9.34. The van der Waals surface area contributed by atoms with Gasteiger partial charge in [-0.2, -0.15) is 0 Å². The predicted molar refractivity (Wildman–Crippen MR) is 102 cm³/mol. The highest BCUT2D eigenvalue weighted by Gasteiger charge is 2.25. The Balaban J connectivity index is 1.44. The summed E-state index contributed by atoms with van der Waals surface area (Å²) in [5.41, 5.74) is 1.28. The highest BCUT2D eigenvalue weighted by Crippen LogP contribution is 2.16. The van der Waals surface area contributed by atoms with Gasteiger partial charge >= 0.3 is 0 Å². The molecule has 2 aliphatic heterocycles. The number of ether oxygens (including phenoxy) is 1.